The van der Waals surface area contributed by atoms with Crippen LogP contribution in [0.25, 0.3) is 6.08 Å². The first kappa shape index (κ1) is 19.5. The van der Waals surface area contributed by atoms with Gasteiger partial charge in [0.1, 0.15) is 0 Å². The Morgan fingerprint density at radius 1 is 1.19 bits per heavy atom. The first-order valence-corrected chi connectivity index (χ1v) is 9.67. The van der Waals surface area contributed by atoms with Gasteiger partial charge in [0.05, 0.1) is 18.7 Å². The van der Waals surface area contributed by atoms with E-state index in [0.717, 1.165) is 18.4 Å². The standard InChI is InChI=1S/C20H25ClN2O4/c1-3-27-17-13-14(12-16(21)19(17)26-2)4-7-18(24)22-8-10-23(11-9-22)20(25)15-5-6-15/h4,7,12-13,15H,3,5-6,8-11H2,1-2H3/b7-4+. The zero-order valence-corrected chi connectivity index (χ0v) is 16.5. The number of halogens is 1. The monoisotopic (exact) mass is 392 g/mol. The number of benzene rings is 1. The maximum absolute atomic E-state index is 12.5. The molecular weight excluding hydrogens is 368 g/mol. The van der Waals surface area contributed by atoms with Crippen molar-refractivity contribution in [3.63, 3.8) is 0 Å². The molecule has 1 aliphatic heterocycles. The topological polar surface area (TPSA) is 59.1 Å². The van der Waals surface area contributed by atoms with Gasteiger partial charge in [-0.05, 0) is 43.5 Å². The average Bonchev–Trinajstić information content (AvgIpc) is 3.51. The summed E-state index contributed by atoms with van der Waals surface area (Å²) in [4.78, 5) is 28.2. The first-order valence-electron chi connectivity index (χ1n) is 9.29. The molecule has 2 amide bonds. The summed E-state index contributed by atoms with van der Waals surface area (Å²) < 4.78 is 10.8. The molecule has 2 aliphatic rings. The quantitative estimate of drug-likeness (QED) is 0.698. The minimum Gasteiger partial charge on any atom is -0.491 e. The van der Waals surface area contributed by atoms with Crippen molar-refractivity contribution in [2.45, 2.75) is 19.8 Å². The maximum Gasteiger partial charge on any atom is 0.246 e. The number of nitrogens with zero attached hydrogens (tertiary/aromatic N) is 2. The number of hydrogen-bond donors (Lipinski definition) is 0. The van der Waals surface area contributed by atoms with Crippen molar-refractivity contribution in [2.24, 2.45) is 5.92 Å². The van der Waals surface area contributed by atoms with E-state index in [1.807, 2.05) is 11.8 Å². The van der Waals surface area contributed by atoms with E-state index in [9.17, 15) is 9.59 Å². The second-order valence-corrected chi connectivity index (χ2v) is 7.13. The van der Waals surface area contributed by atoms with Crippen LogP contribution in [0.15, 0.2) is 18.2 Å². The number of carbonyl (C=O) groups is 2. The number of carbonyl (C=O) groups excluding carboxylic acids is 2. The number of rotatable bonds is 6. The first-order chi connectivity index (χ1) is 13.0. The Labute approximate surface area is 164 Å². The molecule has 0 N–H and O–H groups in total. The summed E-state index contributed by atoms with van der Waals surface area (Å²) in [5.41, 5.74) is 0.764. The lowest BCUT2D eigenvalue weighted by molar-refractivity contribution is -0.138. The lowest BCUT2D eigenvalue weighted by atomic mass is 10.1. The van der Waals surface area contributed by atoms with E-state index in [1.165, 1.54) is 13.2 Å². The zero-order valence-electron chi connectivity index (χ0n) is 15.7. The Hall–Kier alpha value is -2.21. The molecular formula is C20H25ClN2O4. The van der Waals surface area contributed by atoms with E-state index in [-0.39, 0.29) is 17.7 Å². The number of methoxy groups -OCH3 is 1. The third kappa shape index (κ3) is 4.75. The van der Waals surface area contributed by atoms with E-state index in [1.54, 1.807) is 23.1 Å². The van der Waals surface area contributed by atoms with Crippen LogP contribution in [0.5, 0.6) is 11.5 Å². The lowest BCUT2D eigenvalue weighted by Gasteiger charge is -2.34. The van der Waals surface area contributed by atoms with Crippen molar-refractivity contribution in [3.05, 3.63) is 28.8 Å². The predicted molar refractivity (Wildman–Crippen MR) is 104 cm³/mol. The summed E-state index contributed by atoms with van der Waals surface area (Å²) in [6.45, 7) is 4.72. The summed E-state index contributed by atoms with van der Waals surface area (Å²) in [5.74, 6) is 1.43. The van der Waals surface area contributed by atoms with Crippen LogP contribution in [0.3, 0.4) is 0 Å². The van der Waals surface area contributed by atoms with Crippen molar-refractivity contribution < 1.29 is 19.1 Å². The Balaban J connectivity index is 1.60. The molecule has 2 fully saturated rings. The molecule has 1 aliphatic carbocycles. The fraction of sp³-hybridized carbons (Fsp3) is 0.500. The van der Waals surface area contributed by atoms with Crippen molar-refractivity contribution >= 4 is 29.5 Å². The highest BCUT2D eigenvalue weighted by molar-refractivity contribution is 6.32. The highest BCUT2D eigenvalue weighted by Gasteiger charge is 2.34. The number of amides is 2. The Kier molecular flexibility index (Phi) is 6.26. The minimum absolute atomic E-state index is 0.0709. The van der Waals surface area contributed by atoms with Gasteiger partial charge in [-0.2, -0.15) is 0 Å². The smallest absolute Gasteiger partial charge is 0.246 e. The third-order valence-corrected chi connectivity index (χ3v) is 5.06. The molecule has 1 heterocycles. The van der Waals surface area contributed by atoms with Crippen molar-refractivity contribution in [1.82, 2.24) is 9.80 Å². The van der Waals surface area contributed by atoms with Gasteiger partial charge in [-0.1, -0.05) is 11.6 Å². The van der Waals surface area contributed by atoms with Crippen LogP contribution in [-0.2, 0) is 9.59 Å². The minimum atomic E-state index is -0.0709. The van der Waals surface area contributed by atoms with E-state index in [4.69, 9.17) is 21.1 Å². The molecule has 3 rings (SSSR count). The molecule has 6 nitrogen and oxygen atoms in total. The third-order valence-electron chi connectivity index (χ3n) is 4.78. The lowest BCUT2D eigenvalue weighted by Crippen LogP contribution is -2.50. The normalized spacial score (nSPS) is 17.3. The molecule has 0 radical (unpaired) electrons. The molecule has 1 saturated carbocycles. The van der Waals surface area contributed by atoms with Crippen molar-refractivity contribution in [1.29, 1.82) is 0 Å². The molecule has 0 spiro atoms. The zero-order chi connectivity index (χ0) is 19.4. The van der Waals surface area contributed by atoms with Gasteiger partial charge in [0, 0.05) is 38.2 Å². The molecule has 0 atom stereocenters. The Bertz CT molecular complexity index is 738. The molecule has 1 aromatic carbocycles. The molecule has 0 unspecified atom stereocenters. The van der Waals surface area contributed by atoms with Gasteiger partial charge in [-0.3, -0.25) is 9.59 Å². The van der Waals surface area contributed by atoms with Crippen LogP contribution >= 0.6 is 11.6 Å². The second kappa shape index (κ2) is 8.65. The predicted octanol–water partition coefficient (Wildman–Crippen LogP) is 2.84. The van der Waals surface area contributed by atoms with E-state index < -0.39 is 0 Å². The van der Waals surface area contributed by atoms with Crippen LogP contribution in [0.4, 0.5) is 0 Å². The number of piperazine rings is 1. The van der Waals surface area contributed by atoms with E-state index >= 15 is 0 Å². The maximum atomic E-state index is 12.5. The van der Waals surface area contributed by atoms with Crippen LogP contribution in [0.1, 0.15) is 25.3 Å². The highest BCUT2D eigenvalue weighted by atomic mass is 35.5. The molecule has 0 bridgehead atoms. The SMILES string of the molecule is CCOc1cc(/C=C/C(=O)N2CCN(C(=O)C3CC3)CC2)cc(Cl)c1OC. The molecule has 1 saturated heterocycles. The molecule has 0 aromatic heterocycles. The van der Waals surface area contributed by atoms with Crippen molar-refractivity contribution in [3.8, 4) is 11.5 Å². The Morgan fingerprint density at radius 2 is 1.85 bits per heavy atom. The summed E-state index contributed by atoms with van der Waals surface area (Å²) in [5, 5.41) is 0.433. The fourth-order valence-electron chi connectivity index (χ4n) is 3.15. The van der Waals surface area contributed by atoms with Gasteiger partial charge in [0.25, 0.3) is 0 Å². The molecule has 7 heteroatoms. The summed E-state index contributed by atoms with van der Waals surface area (Å²) in [6.07, 6.45) is 5.27. The average molecular weight is 393 g/mol. The van der Waals surface area contributed by atoms with Crippen molar-refractivity contribution in [2.75, 3.05) is 39.9 Å². The van der Waals surface area contributed by atoms with Crippen LogP contribution in [0.2, 0.25) is 5.02 Å². The van der Waals surface area contributed by atoms with Gasteiger partial charge in [-0.15, -0.1) is 0 Å². The van der Waals surface area contributed by atoms with E-state index in [0.29, 0.717) is 49.3 Å². The second-order valence-electron chi connectivity index (χ2n) is 6.73. The highest BCUT2D eigenvalue weighted by Crippen LogP contribution is 2.36. The largest absolute Gasteiger partial charge is 0.491 e. The fourth-order valence-corrected chi connectivity index (χ4v) is 3.45. The number of hydrogen-bond acceptors (Lipinski definition) is 4. The van der Waals surface area contributed by atoms with Gasteiger partial charge in [-0.25, -0.2) is 0 Å². The molecule has 27 heavy (non-hydrogen) atoms. The van der Waals surface area contributed by atoms with Gasteiger partial charge in [0.2, 0.25) is 11.8 Å². The number of ether oxygens (including phenoxy) is 2. The van der Waals surface area contributed by atoms with Crippen LogP contribution < -0.4 is 9.47 Å². The van der Waals surface area contributed by atoms with Gasteiger partial charge >= 0.3 is 0 Å². The van der Waals surface area contributed by atoms with Gasteiger partial charge < -0.3 is 19.3 Å². The van der Waals surface area contributed by atoms with Crippen LogP contribution in [0, 0.1) is 5.92 Å². The van der Waals surface area contributed by atoms with Gasteiger partial charge in [0.15, 0.2) is 11.5 Å². The summed E-state index contributed by atoms with van der Waals surface area (Å²) in [7, 11) is 1.54. The summed E-state index contributed by atoms with van der Waals surface area (Å²) in [6, 6.07) is 3.53. The molecule has 1 aromatic rings. The molecule has 146 valence electrons. The Morgan fingerprint density at radius 3 is 2.44 bits per heavy atom. The van der Waals surface area contributed by atoms with Crippen LogP contribution in [-0.4, -0.2) is 61.5 Å². The van der Waals surface area contributed by atoms with E-state index in [2.05, 4.69) is 0 Å². The summed E-state index contributed by atoms with van der Waals surface area (Å²) >= 11 is 6.24.